The van der Waals surface area contributed by atoms with E-state index in [1.807, 2.05) is 26.8 Å². The van der Waals surface area contributed by atoms with E-state index in [4.69, 9.17) is 0 Å². The number of tetrazole rings is 1. The summed E-state index contributed by atoms with van der Waals surface area (Å²) in [5, 5.41) is 14.0. The third-order valence-electron chi connectivity index (χ3n) is 4.77. The molecule has 1 fully saturated rings. The average molecular weight is 323 g/mol. The molecule has 1 aliphatic carbocycles. The van der Waals surface area contributed by atoms with Crippen LogP contribution < -0.4 is 4.90 Å². The van der Waals surface area contributed by atoms with Crippen LogP contribution in [0.1, 0.15) is 31.7 Å². The van der Waals surface area contributed by atoms with Gasteiger partial charge in [-0.1, -0.05) is 25.0 Å². The molecule has 0 spiro atoms. The van der Waals surface area contributed by atoms with Crippen LogP contribution in [0.2, 0.25) is 0 Å². The normalized spacial score (nSPS) is 22.2. The second kappa shape index (κ2) is 5.05. The van der Waals surface area contributed by atoms with Crippen molar-refractivity contribution >= 4 is 17.4 Å². The van der Waals surface area contributed by atoms with Crippen molar-refractivity contribution in [1.82, 2.24) is 30.6 Å². The maximum absolute atomic E-state index is 12.9. The van der Waals surface area contributed by atoms with Crippen molar-refractivity contribution in [3.63, 3.8) is 0 Å². The number of carbonyl (C=O) groups is 1. The zero-order valence-corrected chi connectivity index (χ0v) is 13.7. The van der Waals surface area contributed by atoms with Gasteiger partial charge < -0.3 is 0 Å². The molecule has 1 unspecified atom stereocenters. The van der Waals surface area contributed by atoms with Gasteiger partial charge in [0.2, 0.25) is 5.91 Å². The van der Waals surface area contributed by atoms with E-state index < -0.39 is 5.41 Å². The lowest BCUT2D eigenvalue weighted by molar-refractivity contribution is -0.125. The zero-order valence-electron chi connectivity index (χ0n) is 13.7. The summed E-state index contributed by atoms with van der Waals surface area (Å²) in [6, 6.07) is 0. The number of amides is 1. The summed E-state index contributed by atoms with van der Waals surface area (Å²) < 4.78 is 0. The highest BCUT2D eigenvalue weighted by molar-refractivity contribution is 6.03. The van der Waals surface area contributed by atoms with Gasteiger partial charge in [-0.2, -0.15) is 5.21 Å². The molecule has 1 saturated heterocycles. The van der Waals surface area contributed by atoms with Crippen molar-refractivity contribution in [1.29, 1.82) is 0 Å². The molecule has 1 amide bonds. The Morgan fingerprint density at radius 1 is 1.29 bits per heavy atom. The number of carbonyl (C=O) groups excluding carboxylic acids is 1. The lowest BCUT2D eigenvalue weighted by Gasteiger charge is -2.25. The van der Waals surface area contributed by atoms with E-state index in [0.29, 0.717) is 0 Å². The number of H-pyrrole nitrogens is 1. The number of hydrogen-bond acceptors (Lipinski definition) is 6. The van der Waals surface area contributed by atoms with E-state index >= 15 is 0 Å². The second-order valence-electron chi connectivity index (χ2n) is 6.61. The van der Waals surface area contributed by atoms with E-state index in [1.54, 1.807) is 17.3 Å². The highest BCUT2D eigenvalue weighted by Crippen LogP contribution is 2.49. The third kappa shape index (κ3) is 2.06. The number of nitrogens with zero attached hydrogens (tertiary/aromatic N) is 6. The van der Waals surface area contributed by atoms with Crippen molar-refractivity contribution < 1.29 is 4.79 Å². The van der Waals surface area contributed by atoms with Gasteiger partial charge in [0, 0.05) is 29.6 Å². The van der Waals surface area contributed by atoms with Crippen LogP contribution in [0, 0.1) is 18.3 Å². The fraction of sp³-hybridized carbons (Fsp3) is 0.375. The van der Waals surface area contributed by atoms with E-state index in [9.17, 15) is 4.79 Å². The Morgan fingerprint density at radius 3 is 2.71 bits per heavy atom. The molecule has 4 rings (SSSR count). The predicted molar refractivity (Wildman–Crippen MR) is 86.4 cm³/mol. The molecule has 1 N–H and O–H groups in total. The number of hydrogen-bond donors (Lipinski definition) is 1. The fourth-order valence-corrected chi connectivity index (χ4v) is 3.32. The Kier molecular flexibility index (Phi) is 3.09. The summed E-state index contributed by atoms with van der Waals surface area (Å²) in [5.74, 6) is 1.07. The Hall–Kier alpha value is -2.90. The number of aromatic nitrogens is 6. The van der Waals surface area contributed by atoms with Gasteiger partial charge in [-0.25, -0.2) is 14.9 Å². The summed E-state index contributed by atoms with van der Waals surface area (Å²) in [7, 11) is 0. The second-order valence-corrected chi connectivity index (χ2v) is 6.61. The van der Waals surface area contributed by atoms with E-state index in [1.165, 1.54) is 0 Å². The van der Waals surface area contributed by atoms with Gasteiger partial charge in [-0.05, 0) is 30.2 Å². The molecular weight excluding hydrogens is 306 g/mol. The number of fused-ring (bicyclic) bond motifs is 1. The molecule has 122 valence electrons. The molecule has 2 aromatic rings. The Balaban J connectivity index is 1.79. The number of allylic oxidation sites excluding steroid dienone is 4. The molecule has 3 heterocycles. The summed E-state index contributed by atoms with van der Waals surface area (Å²) in [4.78, 5) is 23.0. The third-order valence-corrected chi connectivity index (χ3v) is 4.77. The molecule has 0 bridgehead atoms. The highest BCUT2D eigenvalue weighted by atomic mass is 16.2. The van der Waals surface area contributed by atoms with Crippen LogP contribution in [-0.2, 0) is 4.79 Å². The van der Waals surface area contributed by atoms with Crippen LogP contribution in [0.25, 0.3) is 5.57 Å². The summed E-state index contributed by atoms with van der Waals surface area (Å²) in [6.07, 6.45) is 8.50. The molecule has 24 heavy (non-hydrogen) atoms. The zero-order chi connectivity index (χ0) is 16.9. The van der Waals surface area contributed by atoms with Gasteiger partial charge in [-0.15, -0.1) is 5.10 Å². The maximum atomic E-state index is 12.9. The number of rotatable bonds is 2. The Bertz CT molecular complexity index is 849. The van der Waals surface area contributed by atoms with E-state index in [2.05, 4.69) is 36.7 Å². The van der Waals surface area contributed by atoms with E-state index in [-0.39, 0.29) is 17.8 Å². The predicted octanol–water partition coefficient (Wildman–Crippen LogP) is 1.66. The summed E-state index contributed by atoms with van der Waals surface area (Å²) in [5.41, 5.74) is 2.31. The first-order valence-corrected chi connectivity index (χ1v) is 7.77. The molecule has 0 aromatic carbocycles. The molecule has 8 nitrogen and oxygen atoms in total. The van der Waals surface area contributed by atoms with Crippen molar-refractivity contribution in [2.24, 2.45) is 11.3 Å². The smallest absolute Gasteiger partial charge is 0.273 e. The van der Waals surface area contributed by atoms with Gasteiger partial charge in [0.05, 0.1) is 5.41 Å². The fourth-order valence-electron chi connectivity index (χ4n) is 3.32. The first-order valence-electron chi connectivity index (χ1n) is 7.77. The lowest BCUT2D eigenvalue weighted by Crippen LogP contribution is -2.32. The van der Waals surface area contributed by atoms with Crippen LogP contribution in [0.4, 0.5) is 5.95 Å². The minimum atomic E-state index is -0.516. The highest BCUT2D eigenvalue weighted by Gasteiger charge is 2.52. The van der Waals surface area contributed by atoms with Crippen LogP contribution in [0.5, 0.6) is 0 Å². The number of aromatic amines is 1. The van der Waals surface area contributed by atoms with Crippen LogP contribution in [0.15, 0.2) is 30.2 Å². The molecule has 2 aliphatic rings. The van der Waals surface area contributed by atoms with Gasteiger partial charge in [0.1, 0.15) is 5.82 Å². The molecule has 1 aliphatic heterocycles. The van der Waals surface area contributed by atoms with E-state index in [0.717, 1.165) is 29.1 Å². The molecule has 1 atom stereocenters. The van der Waals surface area contributed by atoms with Gasteiger partial charge in [-0.3, -0.25) is 4.79 Å². The lowest BCUT2D eigenvalue weighted by atomic mass is 9.75. The minimum Gasteiger partial charge on any atom is -0.273 e. The van der Waals surface area contributed by atoms with Crippen LogP contribution >= 0.6 is 0 Å². The first-order chi connectivity index (χ1) is 11.5. The number of nitrogens with one attached hydrogen (secondary N) is 1. The molecule has 8 heteroatoms. The van der Waals surface area contributed by atoms with Gasteiger partial charge >= 0.3 is 0 Å². The van der Waals surface area contributed by atoms with Crippen LogP contribution in [0.3, 0.4) is 0 Å². The molecule has 0 radical (unpaired) electrons. The summed E-state index contributed by atoms with van der Waals surface area (Å²) >= 11 is 0. The number of aryl methyl sites for hydroxylation is 1. The Labute approximate surface area is 138 Å². The monoisotopic (exact) mass is 323 g/mol. The average Bonchev–Trinajstić information content (AvgIpc) is 3.15. The van der Waals surface area contributed by atoms with Crippen molar-refractivity contribution in [3.05, 3.63) is 41.6 Å². The standard InChI is InChI=1S/C16H17N7O/c1-9-17-7-11(8-18-9)10-4-5-12-13(6-10)23(14(24)16(12,2)3)15-19-21-22-20-15/h4,6-8,12H,5H2,1-3H3,(H,19,20,21,22). The van der Waals surface area contributed by atoms with Crippen molar-refractivity contribution in [2.45, 2.75) is 27.2 Å². The van der Waals surface area contributed by atoms with Crippen molar-refractivity contribution in [2.75, 3.05) is 4.90 Å². The largest absolute Gasteiger partial charge is 0.276 e. The topological polar surface area (TPSA) is 101 Å². The van der Waals surface area contributed by atoms with Crippen LogP contribution in [-0.4, -0.2) is 36.5 Å². The summed E-state index contributed by atoms with van der Waals surface area (Å²) in [6.45, 7) is 5.77. The van der Waals surface area contributed by atoms with Gasteiger partial charge in [0.15, 0.2) is 0 Å². The minimum absolute atomic E-state index is 0.0186. The quantitative estimate of drug-likeness (QED) is 0.902. The molecule has 0 saturated carbocycles. The van der Waals surface area contributed by atoms with Gasteiger partial charge in [0.25, 0.3) is 5.95 Å². The van der Waals surface area contributed by atoms with Crippen molar-refractivity contribution in [3.8, 4) is 0 Å². The SMILES string of the molecule is Cc1ncc(C2=CCC3C(=C2)N(c2nn[nH]n2)C(=O)C3(C)C)cn1. The number of anilines is 1. The molecule has 2 aromatic heterocycles. The maximum Gasteiger partial charge on any atom is 0.276 e. The first kappa shape index (κ1) is 14.7. The molecular formula is C16H17N7O. The Morgan fingerprint density at radius 2 is 2.04 bits per heavy atom.